The molecule has 0 radical (unpaired) electrons. The van der Waals surface area contributed by atoms with Crippen molar-refractivity contribution in [3.05, 3.63) is 34.4 Å². The van der Waals surface area contributed by atoms with Gasteiger partial charge in [0.05, 0.1) is 16.8 Å². The first-order valence-electron chi connectivity index (χ1n) is 4.18. The lowest BCUT2D eigenvalue weighted by molar-refractivity contribution is 1.43. The number of nitriles is 1. The molecular formula is C11H11ClN2. The molecule has 2 N–H and O–H groups in total. The van der Waals surface area contributed by atoms with E-state index in [-0.39, 0.29) is 0 Å². The Morgan fingerprint density at radius 1 is 1.57 bits per heavy atom. The molecule has 3 heteroatoms. The van der Waals surface area contributed by atoms with Crippen molar-refractivity contribution in [3.8, 4) is 6.07 Å². The second-order valence-electron chi connectivity index (χ2n) is 3.15. The third kappa shape index (κ3) is 2.07. The van der Waals surface area contributed by atoms with Crippen molar-refractivity contribution in [2.24, 2.45) is 0 Å². The molecule has 0 spiro atoms. The SMILES string of the molecule is CC(=CC#N)c1cc(C)c(N)c(Cl)c1. The number of allylic oxidation sites excluding steroid dienone is 2. The summed E-state index contributed by atoms with van der Waals surface area (Å²) in [5.74, 6) is 0. The predicted octanol–water partition coefficient (Wildman–Crippen LogP) is 3.16. The highest BCUT2D eigenvalue weighted by molar-refractivity contribution is 6.33. The summed E-state index contributed by atoms with van der Waals surface area (Å²) < 4.78 is 0. The number of nitrogens with zero attached hydrogens (tertiary/aromatic N) is 1. The summed E-state index contributed by atoms with van der Waals surface area (Å²) >= 11 is 5.93. The Bertz CT molecular complexity index is 404. The van der Waals surface area contributed by atoms with Gasteiger partial charge in [0.15, 0.2) is 0 Å². The zero-order chi connectivity index (χ0) is 10.7. The molecule has 0 aliphatic carbocycles. The van der Waals surface area contributed by atoms with E-state index in [1.807, 2.05) is 26.0 Å². The average Bonchev–Trinajstić information content (AvgIpc) is 2.13. The maximum absolute atomic E-state index is 8.51. The number of aryl methyl sites for hydroxylation is 1. The van der Waals surface area contributed by atoms with Crippen LogP contribution in [0.3, 0.4) is 0 Å². The molecule has 14 heavy (non-hydrogen) atoms. The Hall–Kier alpha value is -1.46. The molecule has 0 saturated heterocycles. The third-order valence-electron chi connectivity index (χ3n) is 2.07. The topological polar surface area (TPSA) is 49.8 Å². The maximum Gasteiger partial charge on any atom is 0.0915 e. The number of anilines is 1. The second kappa shape index (κ2) is 4.17. The number of hydrogen-bond donors (Lipinski definition) is 1. The fourth-order valence-electron chi connectivity index (χ4n) is 1.16. The van der Waals surface area contributed by atoms with Gasteiger partial charge in [-0.1, -0.05) is 11.6 Å². The molecule has 1 aromatic rings. The number of nitrogens with two attached hydrogens (primary N) is 1. The monoisotopic (exact) mass is 206 g/mol. The van der Waals surface area contributed by atoms with Crippen LogP contribution in [0.5, 0.6) is 0 Å². The van der Waals surface area contributed by atoms with Crippen LogP contribution in [0.25, 0.3) is 5.57 Å². The van der Waals surface area contributed by atoms with Crippen LogP contribution in [0.15, 0.2) is 18.2 Å². The summed E-state index contributed by atoms with van der Waals surface area (Å²) in [6.07, 6.45) is 1.49. The van der Waals surface area contributed by atoms with Crippen molar-refractivity contribution in [1.29, 1.82) is 5.26 Å². The van der Waals surface area contributed by atoms with Crippen molar-refractivity contribution >= 4 is 22.9 Å². The van der Waals surface area contributed by atoms with E-state index in [9.17, 15) is 0 Å². The molecule has 0 atom stereocenters. The quantitative estimate of drug-likeness (QED) is 0.567. The van der Waals surface area contributed by atoms with Crippen LogP contribution in [0.1, 0.15) is 18.1 Å². The lowest BCUT2D eigenvalue weighted by atomic mass is 10.0. The molecule has 2 nitrogen and oxygen atoms in total. The van der Waals surface area contributed by atoms with Gasteiger partial charge in [0.1, 0.15) is 0 Å². The van der Waals surface area contributed by atoms with E-state index in [1.165, 1.54) is 6.08 Å². The van der Waals surface area contributed by atoms with Crippen molar-refractivity contribution in [2.75, 3.05) is 5.73 Å². The van der Waals surface area contributed by atoms with E-state index in [2.05, 4.69) is 0 Å². The van der Waals surface area contributed by atoms with Crippen LogP contribution in [-0.2, 0) is 0 Å². The van der Waals surface area contributed by atoms with Gasteiger partial charge in [0.2, 0.25) is 0 Å². The van der Waals surface area contributed by atoms with Gasteiger partial charge >= 0.3 is 0 Å². The summed E-state index contributed by atoms with van der Waals surface area (Å²) in [6.45, 7) is 3.76. The molecule has 0 saturated carbocycles. The average molecular weight is 207 g/mol. The molecule has 72 valence electrons. The highest BCUT2D eigenvalue weighted by atomic mass is 35.5. The van der Waals surface area contributed by atoms with Gasteiger partial charge in [-0.15, -0.1) is 0 Å². The minimum Gasteiger partial charge on any atom is -0.397 e. The van der Waals surface area contributed by atoms with Gasteiger partial charge in [0.25, 0.3) is 0 Å². The van der Waals surface area contributed by atoms with E-state index >= 15 is 0 Å². The first-order valence-corrected chi connectivity index (χ1v) is 4.56. The predicted molar refractivity (Wildman–Crippen MR) is 59.9 cm³/mol. The molecule has 0 bridgehead atoms. The number of benzene rings is 1. The largest absolute Gasteiger partial charge is 0.397 e. The lowest BCUT2D eigenvalue weighted by Gasteiger charge is -2.07. The van der Waals surface area contributed by atoms with Gasteiger partial charge in [-0.3, -0.25) is 0 Å². The van der Waals surface area contributed by atoms with Gasteiger partial charge in [-0.05, 0) is 42.7 Å². The van der Waals surface area contributed by atoms with Gasteiger partial charge in [-0.25, -0.2) is 0 Å². The van der Waals surface area contributed by atoms with E-state index in [0.29, 0.717) is 10.7 Å². The number of hydrogen-bond acceptors (Lipinski definition) is 2. The molecule has 1 aromatic carbocycles. The summed E-state index contributed by atoms with van der Waals surface area (Å²) in [4.78, 5) is 0. The Kier molecular flexibility index (Phi) is 3.16. The lowest BCUT2D eigenvalue weighted by Crippen LogP contribution is -1.92. The minimum atomic E-state index is 0.533. The maximum atomic E-state index is 8.51. The van der Waals surface area contributed by atoms with Crippen LogP contribution in [0, 0.1) is 18.3 Å². The second-order valence-corrected chi connectivity index (χ2v) is 3.55. The van der Waals surface area contributed by atoms with Gasteiger partial charge < -0.3 is 5.73 Å². The molecule has 0 amide bonds. The zero-order valence-electron chi connectivity index (χ0n) is 8.13. The van der Waals surface area contributed by atoms with Crippen molar-refractivity contribution < 1.29 is 0 Å². The minimum absolute atomic E-state index is 0.533. The molecule has 0 aliphatic heterocycles. The van der Waals surface area contributed by atoms with Crippen LogP contribution < -0.4 is 5.73 Å². The molecule has 0 aliphatic rings. The van der Waals surface area contributed by atoms with Crippen molar-refractivity contribution in [2.45, 2.75) is 13.8 Å². The molecule has 0 heterocycles. The van der Waals surface area contributed by atoms with E-state index in [1.54, 1.807) is 6.07 Å². The zero-order valence-corrected chi connectivity index (χ0v) is 8.89. The van der Waals surface area contributed by atoms with Crippen LogP contribution in [0.2, 0.25) is 5.02 Å². The fraction of sp³-hybridized carbons (Fsp3) is 0.182. The first kappa shape index (κ1) is 10.6. The highest BCUT2D eigenvalue weighted by Gasteiger charge is 2.04. The van der Waals surface area contributed by atoms with Crippen molar-refractivity contribution in [1.82, 2.24) is 0 Å². The normalized spacial score (nSPS) is 11.1. The molecule has 1 rings (SSSR count). The smallest absolute Gasteiger partial charge is 0.0915 e. The summed E-state index contributed by atoms with van der Waals surface area (Å²) in [5.41, 5.74) is 9.05. The number of rotatable bonds is 1. The Morgan fingerprint density at radius 2 is 2.21 bits per heavy atom. The summed E-state index contributed by atoms with van der Waals surface area (Å²) in [6, 6.07) is 5.68. The van der Waals surface area contributed by atoms with E-state index in [0.717, 1.165) is 16.7 Å². The van der Waals surface area contributed by atoms with E-state index < -0.39 is 0 Å². The Labute approximate surface area is 88.6 Å². The molecule has 0 unspecified atom stereocenters. The molecule has 0 aromatic heterocycles. The van der Waals surface area contributed by atoms with E-state index in [4.69, 9.17) is 22.6 Å². The van der Waals surface area contributed by atoms with Gasteiger partial charge in [0, 0.05) is 6.08 Å². The molecule has 0 fully saturated rings. The third-order valence-corrected chi connectivity index (χ3v) is 2.39. The van der Waals surface area contributed by atoms with Gasteiger partial charge in [-0.2, -0.15) is 5.26 Å². The number of nitrogen functional groups attached to an aromatic ring is 1. The summed E-state index contributed by atoms with van der Waals surface area (Å²) in [7, 11) is 0. The van der Waals surface area contributed by atoms with Crippen LogP contribution >= 0.6 is 11.6 Å². The highest BCUT2D eigenvalue weighted by Crippen LogP contribution is 2.27. The molecular weight excluding hydrogens is 196 g/mol. The summed E-state index contributed by atoms with van der Waals surface area (Å²) in [5, 5.41) is 9.04. The standard InChI is InChI=1S/C11H11ClN2/c1-7(3-4-13)9-5-8(2)11(14)10(12)6-9/h3,5-6H,14H2,1-2H3. The first-order chi connectivity index (χ1) is 6.56. The van der Waals surface area contributed by atoms with Crippen LogP contribution in [-0.4, -0.2) is 0 Å². The Balaban J connectivity index is 3.27. The van der Waals surface area contributed by atoms with Crippen LogP contribution in [0.4, 0.5) is 5.69 Å². The number of halogens is 1. The van der Waals surface area contributed by atoms with Crippen molar-refractivity contribution in [3.63, 3.8) is 0 Å². The Morgan fingerprint density at radius 3 is 2.71 bits per heavy atom. The fourth-order valence-corrected chi connectivity index (χ4v) is 1.43.